The number of aromatic amines is 1. The number of urea groups is 1. The predicted octanol–water partition coefficient (Wildman–Crippen LogP) is 4.84. The van der Waals surface area contributed by atoms with E-state index in [2.05, 4.69) is 25.9 Å². The van der Waals surface area contributed by atoms with E-state index in [4.69, 9.17) is 0 Å². The Hall–Kier alpha value is -4.66. The van der Waals surface area contributed by atoms with Crippen molar-refractivity contribution >= 4 is 29.0 Å². The molecule has 0 saturated carbocycles. The largest absolute Gasteiger partial charge is 0.378 e. The van der Waals surface area contributed by atoms with Crippen molar-refractivity contribution in [3.8, 4) is 22.5 Å². The fourth-order valence-corrected chi connectivity index (χ4v) is 4.18. The number of nitrogens with one attached hydrogen (secondary N) is 4. The van der Waals surface area contributed by atoms with E-state index < -0.39 is 11.8 Å². The lowest BCUT2D eigenvalue weighted by Gasteiger charge is -2.15. The lowest BCUT2D eigenvalue weighted by molar-refractivity contribution is 0.0966. The molecule has 0 saturated heterocycles. The normalized spacial score (nSPS) is 12.1. The number of anilines is 3. The second kappa shape index (κ2) is 8.94. The van der Waals surface area contributed by atoms with Crippen molar-refractivity contribution in [2.45, 2.75) is 6.54 Å². The summed E-state index contributed by atoms with van der Waals surface area (Å²) in [7, 11) is 3.82. The van der Waals surface area contributed by atoms with Crippen molar-refractivity contribution in [2.75, 3.05) is 29.6 Å². The molecule has 0 spiro atoms. The van der Waals surface area contributed by atoms with E-state index in [0.717, 1.165) is 5.69 Å². The van der Waals surface area contributed by atoms with Crippen LogP contribution in [-0.4, -0.2) is 36.0 Å². The van der Waals surface area contributed by atoms with Crippen LogP contribution in [0.1, 0.15) is 15.9 Å². The van der Waals surface area contributed by atoms with Crippen molar-refractivity contribution < 1.29 is 14.0 Å². The third-order valence-corrected chi connectivity index (χ3v) is 5.86. The highest BCUT2D eigenvalue weighted by molar-refractivity contribution is 6.06. The van der Waals surface area contributed by atoms with E-state index in [-0.39, 0.29) is 5.91 Å². The number of fused-ring (bicyclic) bond motifs is 1. The summed E-state index contributed by atoms with van der Waals surface area (Å²) in [4.78, 5) is 34.2. The highest BCUT2D eigenvalue weighted by atomic mass is 19.1. The minimum atomic E-state index is -0.510. The van der Waals surface area contributed by atoms with E-state index in [1.54, 1.807) is 42.7 Å². The third-order valence-electron chi connectivity index (χ3n) is 5.86. The lowest BCUT2D eigenvalue weighted by atomic mass is 9.92. The summed E-state index contributed by atoms with van der Waals surface area (Å²) < 4.78 is 15.2. The first kappa shape index (κ1) is 22.1. The molecule has 5 rings (SSSR count). The van der Waals surface area contributed by atoms with Crippen LogP contribution in [0.2, 0.25) is 0 Å². The second-order valence-electron chi connectivity index (χ2n) is 8.35. The van der Waals surface area contributed by atoms with Crippen molar-refractivity contribution in [2.24, 2.45) is 0 Å². The summed E-state index contributed by atoms with van der Waals surface area (Å²) in [6.45, 7) is 0.298. The standard InChI is InChI=1S/C26H23FN6O2/c1-33(2)17-5-3-4-15(12-17)31-26(35)32-16-6-7-19(22(27)13-16)18-8-9-20(24-28-10-11-29-24)23-21(18)14-30-25(23)34/h3-13H,14H2,1-2H3,(H,28,29)(H,30,34)(H2,31,32,35). The van der Waals surface area contributed by atoms with Gasteiger partial charge in [-0.05, 0) is 53.6 Å². The average Bonchev–Trinajstić information content (AvgIpc) is 3.50. The first-order valence-corrected chi connectivity index (χ1v) is 11.0. The number of hydrogen-bond acceptors (Lipinski definition) is 4. The topological polar surface area (TPSA) is 102 Å². The molecule has 0 bridgehead atoms. The van der Waals surface area contributed by atoms with Gasteiger partial charge in [0.15, 0.2) is 0 Å². The zero-order valence-corrected chi connectivity index (χ0v) is 19.1. The Labute approximate surface area is 201 Å². The SMILES string of the molecule is CN(C)c1cccc(NC(=O)Nc2ccc(-c3ccc(-c4ncc[nH]4)c4c3CNC4=O)c(F)c2)c1. The summed E-state index contributed by atoms with van der Waals surface area (Å²) >= 11 is 0. The molecule has 0 unspecified atom stereocenters. The summed E-state index contributed by atoms with van der Waals surface area (Å²) in [6, 6.07) is 14.9. The van der Waals surface area contributed by atoms with Crippen LogP contribution in [0.4, 0.5) is 26.2 Å². The number of H-pyrrole nitrogens is 1. The molecule has 0 fully saturated rings. The summed E-state index contributed by atoms with van der Waals surface area (Å²) in [5, 5.41) is 8.24. The van der Waals surface area contributed by atoms with Gasteiger partial charge in [0, 0.05) is 61.2 Å². The monoisotopic (exact) mass is 470 g/mol. The van der Waals surface area contributed by atoms with Crippen LogP contribution in [0.5, 0.6) is 0 Å². The summed E-state index contributed by atoms with van der Waals surface area (Å²) in [5.74, 6) is -0.154. The first-order chi connectivity index (χ1) is 16.9. The van der Waals surface area contributed by atoms with Crippen LogP contribution in [0.25, 0.3) is 22.5 Å². The molecule has 4 aromatic rings. The molecule has 1 aliphatic heterocycles. The Morgan fingerprint density at radius 1 is 1.00 bits per heavy atom. The number of carbonyl (C=O) groups is 2. The molecule has 4 N–H and O–H groups in total. The molecule has 9 heteroatoms. The van der Waals surface area contributed by atoms with Gasteiger partial charge in [-0.1, -0.05) is 12.1 Å². The molecule has 1 aliphatic rings. The van der Waals surface area contributed by atoms with Gasteiger partial charge in [0.25, 0.3) is 5.91 Å². The smallest absolute Gasteiger partial charge is 0.323 e. The summed E-state index contributed by atoms with van der Waals surface area (Å²) in [6.07, 6.45) is 3.30. The molecule has 0 radical (unpaired) electrons. The van der Waals surface area contributed by atoms with Crippen LogP contribution in [0, 0.1) is 5.82 Å². The quantitative estimate of drug-likeness (QED) is 0.335. The molecule has 1 aromatic heterocycles. The Morgan fingerprint density at radius 3 is 2.46 bits per heavy atom. The minimum absolute atomic E-state index is 0.220. The van der Waals surface area contributed by atoms with Crippen LogP contribution in [-0.2, 0) is 6.54 Å². The molecular formula is C26H23FN6O2. The van der Waals surface area contributed by atoms with Crippen molar-refractivity contribution in [3.05, 3.63) is 83.9 Å². The molecule has 3 amide bonds. The maximum Gasteiger partial charge on any atom is 0.323 e. The third kappa shape index (κ3) is 4.31. The number of hydrogen-bond donors (Lipinski definition) is 4. The number of halogens is 1. The fourth-order valence-electron chi connectivity index (χ4n) is 4.18. The Morgan fingerprint density at radius 2 is 1.74 bits per heavy atom. The van der Waals surface area contributed by atoms with Crippen molar-refractivity contribution in [3.63, 3.8) is 0 Å². The summed E-state index contributed by atoms with van der Waals surface area (Å²) in [5.41, 5.74) is 4.69. The number of nitrogens with zero attached hydrogens (tertiary/aromatic N) is 2. The highest BCUT2D eigenvalue weighted by Crippen LogP contribution is 2.36. The average molecular weight is 471 g/mol. The number of imidazole rings is 1. The number of carbonyl (C=O) groups excluding carboxylic acids is 2. The van der Waals surface area contributed by atoms with E-state index in [0.29, 0.717) is 51.6 Å². The lowest BCUT2D eigenvalue weighted by Crippen LogP contribution is -2.19. The van der Waals surface area contributed by atoms with Crippen molar-refractivity contribution in [1.29, 1.82) is 0 Å². The van der Waals surface area contributed by atoms with E-state index in [1.165, 1.54) is 6.07 Å². The van der Waals surface area contributed by atoms with Crippen molar-refractivity contribution in [1.82, 2.24) is 15.3 Å². The Bertz CT molecular complexity index is 1430. The van der Waals surface area contributed by atoms with Gasteiger partial charge in [-0.3, -0.25) is 4.79 Å². The zero-order valence-electron chi connectivity index (χ0n) is 19.1. The molecule has 176 valence electrons. The molecule has 2 heterocycles. The van der Waals surface area contributed by atoms with Crippen LogP contribution in [0.15, 0.2) is 67.0 Å². The number of amides is 3. The molecular weight excluding hydrogens is 447 g/mol. The first-order valence-electron chi connectivity index (χ1n) is 11.0. The van der Waals surface area contributed by atoms with E-state index >= 15 is 4.39 Å². The molecule has 3 aromatic carbocycles. The van der Waals surface area contributed by atoms with Crippen LogP contribution in [0.3, 0.4) is 0 Å². The van der Waals surface area contributed by atoms with Gasteiger partial charge in [-0.2, -0.15) is 0 Å². The molecule has 0 aliphatic carbocycles. The minimum Gasteiger partial charge on any atom is -0.378 e. The predicted molar refractivity (Wildman–Crippen MR) is 134 cm³/mol. The van der Waals surface area contributed by atoms with Gasteiger partial charge in [0.05, 0.1) is 5.56 Å². The Kier molecular flexibility index (Phi) is 5.66. The number of rotatable bonds is 5. The van der Waals surface area contributed by atoms with Crippen LogP contribution >= 0.6 is 0 Å². The Balaban J connectivity index is 1.39. The van der Waals surface area contributed by atoms with Gasteiger partial charge in [-0.15, -0.1) is 0 Å². The van der Waals surface area contributed by atoms with Crippen LogP contribution < -0.4 is 20.9 Å². The fraction of sp³-hybridized carbons (Fsp3) is 0.115. The molecule has 8 nitrogen and oxygen atoms in total. The molecule has 35 heavy (non-hydrogen) atoms. The van der Waals surface area contributed by atoms with Gasteiger partial charge in [-0.25, -0.2) is 14.2 Å². The van der Waals surface area contributed by atoms with E-state index in [9.17, 15) is 9.59 Å². The maximum atomic E-state index is 15.2. The number of aromatic nitrogens is 2. The maximum absolute atomic E-state index is 15.2. The van der Waals surface area contributed by atoms with Gasteiger partial charge in [0.1, 0.15) is 11.6 Å². The molecule has 0 atom stereocenters. The number of benzene rings is 3. The van der Waals surface area contributed by atoms with Gasteiger partial charge < -0.3 is 25.8 Å². The highest BCUT2D eigenvalue weighted by Gasteiger charge is 2.28. The van der Waals surface area contributed by atoms with Gasteiger partial charge in [0.2, 0.25) is 0 Å². The zero-order chi connectivity index (χ0) is 24.5. The second-order valence-corrected chi connectivity index (χ2v) is 8.35. The van der Waals surface area contributed by atoms with E-state index in [1.807, 2.05) is 37.2 Å². The van der Waals surface area contributed by atoms with Gasteiger partial charge >= 0.3 is 6.03 Å².